The zero-order valence-electron chi connectivity index (χ0n) is 13.9. The number of nitrogens with one attached hydrogen (secondary N) is 1. The molecule has 1 aliphatic carbocycles. The maximum atomic E-state index is 12.5. The van der Waals surface area contributed by atoms with Crippen molar-refractivity contribution in [2.45, 2.75) is 36.3 Å². The van der Waals surface area contributed by atoms with Gasteiger partial charge in [-0.2, -0.15) is 0 Å². The van der Waals surface area contributed by atoms with Crippen LogP contribution in [0.1, 0.15) is 18.6 Å². The Kier molecular flexibility index (Phi) is 3.70. The average Bonchev–Trinajstić information content (AvgIpc) is 2.99. The number of rotatable bonds is 4. The Balaban J connectivity index is 1.84. The number of furan rings is 1. The van der Waals surface area contributed by atoms with Crippen molar-refractivity contribution in [2.24, 2.45) is 5.92 Å². The number of ether oxygens (including phenoxy) is 2. The van der Waals surface area contributed by atoms with E-state index in [1.807, 2.05) is 0 Å². The molecule has 0 radical (unpaired) electrons. The van der Waals surface area contributed by atoms with Crippen LogP contribution in [0.4, 0.5) is 4.79 Å². The van der Waals surface area contributed by atoms with Gasteiger partial charge in [0.2, 0.25) is 6.10 Å². The maximum Gasteiger partial charge on any atom is 0.524 e. The molecule has 3 heterocycles. The molecule has 0 amide bonds. The zero-order valence-corrected chi connectivity index (χ0v) is 13.9. The Morgan fingerprint density at radius 1 is 1.35 bits per heavy atom. The quantitative estimate of drug-likeness (QED) is 0.452. The molecule has 4 rings (SSSR count). The van der Waals surface area contributed by atoms with Crippen molar-refractivity contribution in [3.05, 3.63) is 24.2 Å². The van der Waals surface area contributed by atoms with E-state index in [4.69, 9.17) is 4.42 Å². The van der Waals surface area contributed by atoms with E-state index < -0.39 is 41.5 Å². The van der Waals surface area contributed by atoms with Crippen LogP contribution in [0.5, 0.6) is 0 Å². The van der Waals surface area contributed by atoms with Crippen LogP contribution in [0.15, 0.2) is 22.8 Å². The number of aliphatic hydroxyl groups excluding tert-OH is 1. The number of hydrogen-bond donors (Lipinski definition) is 3. The van der Waals surface area contributed by atoms with E-state index >= 15 is 0 Å². The second-order valence-corrected chi connectivity index (χ2v) is 6.81. The van der Waals surface area contributed by atoms with Gasteiger partial charge in [0, 0.05) is 12.6 Å². The van der Waals surface area contributed by atoms with Gasteiger partial charge in [0.1, 0.15) is 5.76 Å². The minimum absolute atomic E-state index is 0.0472. The summed E-state index contributed by atoms with van der Waals surface area (Å²) in [4.78, 5) is 37.2. The molecule has 3 aliphatic rings. The van der Waals surface area contributed by atoms with E-state index in [1.54, 1.807) is 19.2 Å². The summed E-state index contributed by atoms with van der Waals surface area (Å²) >= 11 is 0. The lowest BCUT2D eigenvalue weighted by molar-refractivity contribution is -0.222. The van der Waals surface area contributed by atoms with E-state index in [-0.39, 0.29) is 5.92 Å². The van der Waals surface area contributed by atoms with Gasteiger partial charge in [-0.3, -0.25) is 0 Å². The first-order valence-corrected chi connectivity index (χ1v) is 8.22. The second kappa shape index (κ2) is 5.61. The Bertz CT molecular complexity index is 764. The summed E-state index contributed by atoms with van der Waals surface area (Å²) in [6.45, 7) is 0.365. The lowest BCUT2D eigenvalue weighted by atomic mass is 9.98. The predicted molar refractivity (Wildman–Crippen MR) is 81.2 cm³/mol. The fraction of sp³-hybridized carbons (Fsp3) is 0.562. The lowest BCUT2D eigenvalue weighted by Crippen LogP contribution is -2.68. The topological polar surface area (TPSA) is 139 Å². The normalized spacial score (nSPS) is 40.0. The van der Waals surface area contributed by atoms with Crippen molar-refractivity contribution >= 4 is 18.1 Å². The number of piperidine rings is 1. The predicted octanol–water partition coefficient (Wildman–Crippen LogP) is -0.942. The molecule has 3 N–H and O–H groups in total. The van der Waals surface area contributed by atoms with Crippen LogP contribution < -0.4 is 5.32 Å². The average molecular weight is 366 g/mol. The molecule has 0 spiro atoms. The Morgan fingerprint density at radius 2 is 2.12 bits per heavy atom. The zero-order chi connectivity index (χ0) is 18.7. The Hall–Kier alpha value is -2.27. The minimum atomic E-state index is -2.79. The molecule has 1 saturated carbocycles. The molecule has 3 fully saturated rings. The lowest BCUT2D eigenvalue weighted by Gasteiger charge is -2.43. The van der Waals surface area contributed by atoms with Gasteiger partial charge in [-0.1, -0.05) is 0 Å². The van der Waals surface area contributed by atoms with Gasteiger partial charge in [-0.05, 0) is 37.9 Å². The van der Waals surface area contributed by atoms with Crippen LogP contribution in [0.2, 0.25) is 0 Å². The summed E-state index contributed by atoms with van der Waals surface area (Å²) in [5.74, 6) is -2.37. The molecule has 10 heteroatoms. The van der Waals surface area contributed by atoms with Gasteiger partial charge in [-0.15, -0.1) is 0 Å². The van der Waals surface area contributed by atoms with Gasteiger partial charge >= 0.3 is 18.1 Å². The minimum Gasteiger partial charge on any atom is -0.467 e. The number of esters is 2. The van der Waals surface area contributed by atoms with Gasteiger partial charge in [0.15, 0.2) is 0 Å². The van der Waals surface area contributed by atoms with Gasteiger partial charge in [0.25, 0.3) is 5.72 Å². The van der Waals surface area contributed by atoms with Crippen LogP contribution in [-0.4, -0.2) is 64.7 Å². The van der Waals surface area contributed by atoms with E-state index in [0.29, 0.717) is 25.1 Å². The number of nitrogens with zero attached hydrogens (tertiary/aromatic N) is 1. The highest BCUT2D eigenvalue weighted by molar-refractivity contribution is 6.00. The molecule has 26 heavy (non-hydrogen) atoms. The summed E-state index contributed by atoms with van der Waals surface area (Å²) in [6.07, 6.45) is -1.28. The highest BCUT2D eigenvalue weighted by Gasteiger charge is 2.76. The molecule has 0 bridgehead atoms. The standard InChI is InChI=1S/C16H18N2O8/c1-17-7-9-5-8-6-15(8,10-3-2-4-24-10)18(9)16(23)11(19)12(20)25-14(22)26-13(16)21/h2-4,8-9,11,17,19,23H,5-7H2,1H3. The number of likely N-dealkylation sites (tertiary alicyclic amines) is 1. The number of carbonyl (C=O) groups excluding carboxylic acids is 3. The SMILES string of the molecule is CNCC1CC2CC2(c2ccco2)N1C1(O)C(=O)OC(=O)OC(=O)C1O. The number of aliphatic hydroxyl groups is 2. The Morgan fingerprint density at radius 3 is 2.77 bits per heavy atom. The molecular formula is C16H18N2O8. The summed E-state index contributed by atoms with van der Waals surface area (Å²) in [5.41, 5.74) is -3.67. The van der Waals surface area contributed by atoms with Crippen LogP contribution in [-0.2, 0) is 24.6 Å². The molecule has 2 saturated heterocycles. The van der Waals surface area contributed by atoms with E-state index in [9.17, 15) is 24.6 Å². The summed E-state index contributed by atoms with van der Waals surface area (Å²) < 4.78 is 14.1. The highest BCUT2D eigenvalue weighted by Crippen LogP contribution is 2.66. The molecule has 140 valence electrons. The number of likely N-dealkylation sites (N-methyl/N-ethyl adjacent to an activating group) is 1. The van der Waals surface area contributed by atoms with Crippen molar-refractivity contribution in [1.29, 1.82) is 0 Å². The molecule has 2 aliphatic heterocycles. The maximum absolute atomic E-state index is 12.5. The van der Waals surface area contributed by atoms with Crippen molar-refractivity contribution in [3.63, 3.8) is 0 Å². The monoisotopic (exact) mass is 366 g/mol. The third kappa shape index (κ3) is 2.10. The van der Waals surface area contributed by atoms with Crippen molar-refractivity contribution in [2.75, 3.05) is 13.6 Å². The van der Waals surface area contributed by atoms with Crippen LogP contribution in [0, 0.1) is 5.92 Å². The molecule has 1 aromatic rings. The molecule has 5 atom stereocenters. The fourth-order valence-electron chi connectivity index (χ4n) is 4.40. The van der Waals surface area contributed by atoms with E-state index in [1.165, 1.54) is 11.2 Å². The number of cyclic esters (lactones) is 4. The van der Waals surface area contributed by atoms with Gasteiger partial charge in [-0.25, -0.2) is 19.3 Å². The molecule has 10 nitrogen and oxygen atoms in total. The van der Waals surface area contributed by atoms with E-state index in [0.717, 1.165) is 0 Å². The number of fused-ring (bicyclic) bond motifs is 1. The molecule has 1 aromatic heterocycles. The van der Waals surface area contributed by atoms with E-state index in [2.05, 4.69) is 14.8 Å². The second-order valence-electron chi connectivity index (χ2n) is 6.81. The van der Waals surface area contributed by atoms with Crippen LogP contribution in [0.3, 0.4) is 0 Å². The third-order valence-corrected chi connectivity index (χ3v) is 5.44. The number of carbonyl (C=O) groups is 3. The van der Waals surface area contributed by atoms with Gasteiger partial charge in [0.05, 0.1) is 11.8 Å². The largest absolute Gasteiger partial charge is 0.524 e. The smallest absolute Gasteiger partial charge is 0.467 e. The van der Waals surface area contributed by atoms with Gasteiger partial charge < -0.3 is 29.4 Å². The molecular weight excluding hydrogens is 348 g/mol. The molecule has 0 aromatic carbocycles. The van der Waals surface area contributed by atoms with Crippen molar-refractivity contribution < 1.29 is 38.5 Å². The van der Waals surface area contributed by atoms with Crippen molar-refractivity contribution in [3.8, 4) is 0 Å². The number of hydrogen-bond acceptors (Lipinski definition) is 10. The molecule has 5 unspecified atom stereocenters. The third-order valence-electron chi connectivity index (χ3n) is 5.44. The Labute approximate surface area is 147 Å². The van der Waals surface area contributed by atoms with Crippen molar-refractivity contribution in [1.82, 2.24) is 10.2 Å². The summed E-state index contributed by atoms with van der Waals surface area (Å²) in [7, 11) is 1.70. The van der Waals surface area contributed by atoms with Crippen LogP contribution >= 0.6 is 0 Å². The first-order chi connectivity index (χ1) is 12.4. The fourth-order valence-corrected chi connectivity index (χ4v) is 4.40. The highest BCUT2D eigenvalue weighted by atomic mass is 16.8. The first kappa shape index (κ1) is 17.2. The first-order valence-electron chi connectivity index (χ1n) is 8.22. The summed E-state index contributed by atoms with van der Waals surface area (Å²) in [6, 6.07) is 2.96. The summed E-state index contributed by atoms with van der Waals surface area (Å²) in [5, 5.41) is 24.6. The van der Waals surface area contributed by atoms with Crippen LogP contribution in [0.25, 0.3) is 0 Å².